The summed E-state index contributed by atoms with van der Waals surface area (Å²) in [4.78, 5) is 20.4. The number of nitrogens with two attached hydrogens (primary N) is 1. The highest BCUT2D eigenvalue weighted by molar-refractivity contribution is 7.59. The highest BCUT2D eigenvalue weighted by Gasteiger charge is 2.54. The number of nitrogens with zero attached hydrogens (tertiary/aromatic N) is 3. The Morgan fingerprint density at radius 3 is 2.46 bits per heavy atom. The Morgan fingerprint density at radius 1 is 1.05 bits per heavy atom. The van der Waals surface area contributed by atoms with Crippen molar-refractivity contribution in [3.63, 3.8) is 0 Å². The van der Waals surface area contributed by atoms with Crippen molar-refractivity contribution in [1.29, 1.82) is 0 Å². The van der Waals surface area contributed by atoms with Crippen molar-refractivity contribution in [1.82, 2.24) is 9.80 Å². The normalized spacial score (nSPS) is 21.6. The van der Waals surface area contributed by atoms with Crippen LogP contribution in [-0.4, -0.2) is 65.3 Å². The average molecular weight is 523 g/mol. The van der Waals surface area contributed by atoms with Gasteiger partial charge in [0, 0.05) is 37.9 Å². The topological polar surface area (TPSA) is 73.0 Å². The number of aliphatic hydroxyl groups is 1. The number of carbonyl (C=O) groups excluding carboxylic acids is 1. The van der Waals surface area contributed by atoms with Gasteiger partial charge in [0.15, 0.2) is 0 Å². The fourth-order valence-corrected chi connectivity index (χ4v) is 6.56. The van der Waals surface area contributed by atoms with Gasteiger partial charge in [-0.25, -0.2) is 4.39 Å². The molecule has 37 heavy (non-hydrogen) atoms. The number of benzene rings is 3. The number of amides is 1. The van der Waals surface area contributed by atoms with E-state index in [4.69, 9.17) is 5.73 Å². The molecule has 3 N–H and O–H groups in total. The van der Waals surface area contributed by atoms with Crippen LogP contribution >= 0.6 is 13.5 Å². The van der Waals surface area contributed by atoms with E-state index < -0.39 is 11.6 Å². The van der Waals surface area contributed by atoms with E-state index in [9.17, 15) is 14.3 Å². The van der Waals surface area contributed by atoms with Crippen molar-refractivity contribution in [2.75, 3.05) is 37.7 Å². The molecule has 3 aliphatic rings. The zero-order chi connectivity index (χ0) is 24.9. The first kappa shape index (κ1) is 26.0. The summed E-state index contributed by atoms with van der Waals surface area (Å²) >= 11 is 0. The van der Waals surface area contributed by atoms with E-state index in [1.54, 1.807) is 12.1 Å². The van der Waals surface area contributed by atoms with Crippen molar-refractivity contribution >= 4 is 35.9 Å². The van der Waals surface area contributed by atoms with Crippen molar-refractivity contribution in [3.8, 4) is 0 Å². The molecule has 0 unspecified atom stereocenters. The summed E-state index contributed by atoms with van der Waals surface area (Å²) in [7, 11) is 0. The molecule has 1 aliphatic carbocycles. The molecule has 3 aromatic rings. The predicted molar refractivity (Wildman–Crippen MR) is 149 cm³/mol. The van der Waals surface area contributed by atoms with Gasteiger partial charge in [0.25, 0.3) is 0 Å². The smallest absolute Gasteiger partial charge is 0.250 e. The number of hydrogen-bond donors (Lipinski definition) is 2. The summed E-state index contributed by atoms with van der Waals surface area (Å²) in [6.07, 6.45) is 2.25. The minimum Gasteiger partial charge on any atom is -0.392 e. The highest BCUT2D eigenvalue weighted by Crippen LogP contribution is 2.45. The summed E-state index contributed by atoms with van der Waals surface area (Å²) < 4.78 is 13.7. The van der Waals surface area contributed by atoms with E-state index in [2.05, 4.69) is 46.2 Å². The van der Waals surface area contributed by atoms with Gasteiger partial charge in [0.2, 0.25) is 5.91 Å². The lowest BCUT2D eigenvalue weighted by molar-refractivity contribution is -0.134. The molecule has 0 bridgehead atoms. The minimum atomic E-state index is -0.653. The Bertz CT molecular complexity index is 1270. The minimum absolute atomic E-state index is 0. The second-order valence-electron chi connectivity index (χ2n) is 10.4. The molecule has 3 aromatic carbocycles. The Morgan fingerprint density at radius 2 is 1.76 bits per heavy atom. The third-order valence-corrected chi connectivity index (χ3v) is 8.52. The SMILES string of the molecule is NC[C@@H](O)CCN1CN(c2ccc(F)cc2)C2(CCN([C@@H]3Cc4cccc5cccc3c45)CC2)C1=O.S. The average Bonchev–Trinajstić information content (AvgIpc) is 3.41. The maximum atomic E-state index is 13.9. The van der Waals surface area contributed by atoms with Crippen LogP contribution in [0.3, 0.4) is 0 Å². The fourth-order valence-electron chi connectivity index (χ4n) is 6.56. The zero-order valence-corrected chi connectivity index (χ0v) is 21.9. The molecule has 2 heterocycles. The van der Waals surface area contributed by atoms with Crippen LogP contribution in [0, 0.1) is 5.82 Å². The molecular formula is C29H35FN4O2S. The molecule has 196 valence electrons. The molecule has 0 radical (unpaired) electrons. The van der Waals surface area contributed by atoms with Crippen LogP contribution < -0.4 is 10.6 Å². The Labute approximate surface area is 224 Å². The molecule has 6 nitrogen and oxygen atoms in total. The third-order valence-electron chi connectivity index (χ3n) is 8.52. The van der Waals surface area contributed by atoms with Gasteiger partial charge in [0.05, 0.1) is 12.8 Å². The summed E-state index contributed by atoms with van der Waals surface area (Å²) in [5, 5.41) is 12.7. The number of likely N-dealkylation sites (tertiary alicyclic amines) is 1. The van der Waals surface area contributed by atoms with Crippen LogP contribution in [-0.2, 0) is 11.2 Å². The van der Waals surface area contributed by atoms with E-state index in [1.807, 2.05) is 4.90 Å². The molecule has 1 spiro atoms. The van der Waals surface area contributed by atoms with Crippen LogP contribution in [0.5, 0.6) is 0 Å². The Hall–Kier alpha value is -2.65. The second kappa shape index (κ2) is 10.3. The van der Waals surface area contributed by atoms with Gasteiger partial charge in [-0.3, -0.25) is 9.69 Å². The maximum absolute atomic E-state index is 13.9. The van der Waals surface area contributed by atoms with Crippen molar-refractivity contribution in [3.05, 3.63) is 77.6 Å². The van der Waals surface area contributed by atoms with Gasteiger partial charge < -0.3 is 20.6 Å². The molecule has 0 saturated carbocycles. The predicted octanol–water partition coefficient (Wildman–Crippen LogP) is 3.54. The zero-order valence-electron chi connectivity index (χ0n) is 20.9. The standard InChI is InChI=1S/C29H33FN4O2.H2S/c30-22-7-9-23(10-8-22)34-19-33(14-11-24(35)18-31)28(36)29(34)12-15-32(16-13-29)26-17-21-5-1-3-20-4-2-6-25(26)27(20)21;/h1-10,24,26,35H,11-19,31H2;1H2/t24-,26+;/m0./s1. The van der Waals surface area contributed by atoms with Crippen molar-refractivity contribution in [2.45, 2.75) is 43.4 Å². The summed E-state index contributed by atoms with van der Waals surface area (Å²) in [6.45, 7) is 2.71. The third kappa shape index (κ3) is 4.40. The van der Waals surface area contributed by atoms with Crippen molar-refractivity contribution in [2.24, 2.45) is 5.73 Å². The van der Waals surface area contributed by atoms with E-state index in [0.717, 1.165) is 25.2 Å². The van der Waals surface area contributed by atoms with E-state index in [1.165, 1.54) is 34.0 Å². The van der Waals surface area contributed by atoms with E-state index in [-0.39, 0.29) is 31.8 Å². The molecule has 2 atom stereocenters. The van der Waals surface area contributed by atoms with Crippen molar-refractivity contribution < 1.29 is 14.3 Å². The highest BCUT2D eigenvalue weighted by atomic mass is 32.1. The quantitative estimate of drug-likeness (QED) is 0.518. The van der Waals surface area contributed by atoms with Gasteiger partial charge in [-0.2, -0.15) is 13.5 Å². The number of halogens is 1. The summed E-state index contributed by atoms with van der Waals surface area (Å²) in [5.74, 6) is -0.182. The molecule has 1 amide bonds. The molecule has 2 aliphatic heterocycles. The van der Waals surface area contributed by atoms with Crippen LogP contribution in [0.2, 0.25) is 0 Å². The lowest BCUT2D eigenvalue weighted by Crippen LogP contribution is -2.57. The fraction of sp³-hybridized carbons (Fsp3) is 0.414. The molecular weight excluding hydrogens is 487 g/mol. The lowest BCUT2D eigenvalue weighted by atomic mass is 9.84. The first-order chi connectivity index (χ1) is 17.5. The Balaban J connectivity index is 0.00000280. The first-order valence-electron chi connectivity index (χ1n) is 13.0. The monoisotopic (exact) mass is 522 g/mol. The van der Waals surface area contributed by atoms with Gasteiger partial charge in [0.1, 0.15) is 11.4 Å². The summed E-state index contributed by atoms with van der Waals surface area (Å²) in [5.41, 5.74) is 8.59. The Kier molecular flexibility index (Phi) is 7.20. The van der Waals surface area contributed by atoms with Gasteiger partial charge in [-0.1, -0.05) is 36.4 Å². The molecule has 0 aromatic heterocycles. The molecule has 6 rings (SSSR count). The number of carbonyl (C=O) groups is 1. The number of hydrogen-bond acceptors (Lipinski definition) is 5. The molecule has 2 fully saturated rings. The van der Waals surface area contributed by atoms with Gasteiger partial charge in [-0.15, -0.1) is 0 Å². The van der Waals surface area contributed by atoms with Crippen LogP contribution in [0.4, 0.5) is 10.1 Å². The number of rotatable bonds is 6. The second-order valence-corrected chi connectivity index (χ2v) is 10.4. The van der Waals surface area contributed by atoms with Crippen LogP contribution in [0.15, 0.2) is 60.7 Å². The van der Waals surface area contributed by atoms with E-state index in [0.29, 0.717) is 38.5 Å². The number of piperidine rings is 1. The maximum Gasteiger partial charge on any atom is 0.250 e. The summed E-state index contributed by atoms with van der Waals surface area (Å²) in [6, 6.07) is 19.9. The molecule has 8 heteroatoms. The van der Waals surface area contributed by atoms with Crippen LogP contribution in [0.1, 0.15) is 36.4 Å². The van der Waals surface area contributed by atoms with E-state index >= 15 is 0 Å². The first-order valence-corrected chi connectivity index (χ1v) is 13.0. The van der Waals surface area contributed by atoms with Gasteiger partial charge in [-0.05, 0) is 71.8 Å². The van der Waals surface area contributed by atoms with Crippen LogP contribution in [0.25, 0.3) is 10.8 Å². The molecule has 2 saturated heterocycles. The largest absolute Gasteiger partial charge is 0.392 e. The number of aliphatic hydroxyl groups excluding tert-OH is 1. The van der Waals surface area contributed by atoms with Gasteiger partial charge >= 0.3 is 0 Å². The number of anilines is 1. The lowest BCUT2D eigenvalue weighted by Gasteiger charge is -2.45.